The molecule has 2 rings (SSSR count). The van der Waals surface area contributed by atoms with Crippen LogP contribution < -0.4 is 9.62 Å². The molecule has 1 atom stereocenters. The van der Waals surface area contributed by atoms with Crippen molar-refractivity contribution in [2.75, 3.05) is 17.1 Å². The third-order valence-corrected chi connectivity index (χ3v) is 6.87. The lowest BCUT2D eigenvalue weighted by Gasteiger charge is -2.30. The molecule has 0 fully saturated rings. The van der Waals surface area contributed by atoms with Gasteiger partial charge in [-0.2, -0.15) is 0 Å². The van der Waals surface area contributed by atoms with Crippen LogP contribution in [0.3, 0.4) is 0 Å². The van der Waals surface area contributed by atoms with Gasteiger partial charge in [0, 0.05) is 30.6 Å². The first-order valence-corrected chi connectivity index (χ1v) is 13.6. The van der Waals surface area contributed by atoms with Crippen LogP contribution in [0.25, 0.3) is 0 Å². The average molecular weight is 526 g/mol. The number of anilines is 1. The third kappa shape index (κ3) is 8.50. The maximum atomic E-state index is 13.3. The van der Waals surface area contributed by atoms with Gasteiger partial charge in [-0.25, -0.2) is 12.8 Å². The van der Waals surface area contributed by atoms with Crippen molar-refractivity contribution in [3.05, 3.63) is 64.4 Å². The van der Waals surface area contributed by atoms with Crippen LogP contribution in [0.15, 0.2) is 42.5 Å². The van der Waals surface area contributed by atoms with E-state index >= 15 is 0 Å². The fourth-order valence-corrected chi connectivity index (χ4v) is 4.79. The number of amides is 2. The summed E-state index contributed by atoms with van der Waals surface area (Å²) in [6.07, 6.45) is 1.36. The monoisotopic (exact) mass is 525 g/mol. The lowest BCUT2D eigenvalue weighted by Crippen LogP contribution is -2.49. The summed E-state index contributed by atoms with van der Waals surface area (Å²) in [5.74, 6) is -1.01. The molecule has 0 bridgehead atoms. The fraction of sp³-hybridized carbons (Fsp3) is 0.440. The highest BCUT2D eigenvalue weighted by atomic mass is 35.5. The van der Waals surface area contributed by atoms with Crippen molar-refractivity contribution in [2.24, 2.45) is 0 Å². The van der Waals surface area contributed by atoms with Gasteiger partial charge in [-0.3, -0.25) is 13.9 Å². The summed E-state index contributed by atoms with van der Waals surface area (Å²) >= 11 is 6.08. The smallest absolute Gasteiger partial charge is 0.242 e. The van der Waals surface area contributed by atoms with Crippen molar-refractivity contribution >= 4 is 39.1 Å². The quantitative estimate of drug-likeness (QED) is 0.474. The molecule has 0 saturated carbocycles. The van der Waals surface area contributed by atoms with Gasteiger partial charge in [0.05, 0.1) is 11.9 Å². The molecular formula is C25H33ClFN3O4S. The Morgan fingerprint density at radius 2 is 1.71 bits per heavy atom. The second-order valence-corrected chi connectivity index (χ2v) is 11.2. The standard InChI is InChI=1S/C25H33ClFN3O4S/c1-17(2)28-25(32)19(4)29(16-20-9-12-22(27)13-10-20)24(31)7-6-14-30(35(5,33)34)23-15-21(26)11-8-18(23)3/h8-13,15,17,19H,6-7,14,16H2,1-5H3,(H,28,32)/t19-/m1/s1. The molecule has 192 valence electrons. The van der Waals surface area contributed by atoms with Crippen LogP contribution in [0.2, 0.25) is 5.02 Å². The van der Waals surface area contributed by atoms with Crippen LogP contribution >= 0.6 is 11.6 Å². The number of hydrogen-bond acceptors (Lipinski definition) is 4. The van der Waals surface area contributed by atoms with Gasteiger partial charge < -0.3 is 10.2 Å². The van der Waals surface area contributed by atoms with Gasteiger partial charge >= 0.3 is 0 Å². The molecular weight excluding hydrogens is 493 g/mol. The van der Waals surface area contributed by atoms with Crippen molar-refractivity contribution in [3.63, 3.8) is 0 Å². The summed E-state index contributed by atoms with van der Waals surface area (Å²) in [6.45, 7) is 7.27. The predicted molar refractivity (Wildman–Crippen MR) is 137 cm³/mol. The maximum Gasteiger partial charge on any atom is 0.242 e. The summed E-state index contributed by atoms with van der Waals surface area (Å²) in [4.78, 5) is 27.3. The van der Waals surface area contributed by atoms with E-state index in [1.807, 2.05) is 13.8 Å². The van der Waals surface area contributed by atoms with Crippen LogP contribution in [0.1, 0.15) is 44.7 Å². The molecule has 2 aromatic rings. The number of carbonyl (C=O) groups excluding carboxylic acids is 2. The molecule has 0 aliphatic rings. The second kappa shape index (κ2) is 12.4. The zero-order valence-corrected chi connectivity index (χ0v) is 22.3. The third-order valence-electron chi connectivity index (χ3n) is 5.46. The van der Waals surface area contributed by atoms with Crippen molar-refractivity contribution in [1.29, 1.82) is 0 Å². The Morgan fingerprint density at radius 1 is 1.09 bits per heavy atom. The molecule has 10 heteroatoms. The first kappa shape index (κ1) is 28.6. The SMILES string of the molecule is Cc1ccc(Cl)cc1N(CCCC(=O)N(Cc1ccc(F)cc1)[C@H](C)C(=O)NC(C)C)S(C)(=O)=O. The number of nitrogens with one attached hydrogen (secondary N) is 1. The van der Waals surface area contributed by atoms with E-state index in [2.05, 4.69) is 5.32 Å². The van der Waals surface area contributed by atoms with Gasteiger partial charge in [-0.15, -0.1) is 0 Å². The lowest BCUT2D eigenvalue weighted by atomic mass is 10.1. The highest BCUT2D eigenvalue weighted by molar-refractivity contribution is 7.92. The summed E-state index contributed by atoms with van der Waals surface area (Å²) in [6, 6.07) is 9.86. The second-order valence-electron chi connectivity index (χ2n) is 8.86. The van der Waals surface area contributed by atoms with Crippen LogP contribution in [-0.4, -0.2) is 50.0 Å². The maximum absolute atomic E-state index is 13.3. The van der Waals surface area contributed by atoms with Crippen molar-refractivity contribution in [3.8, 4) is 0 Å². The van der Waals surface area contributed by atoms with E-state index in [0.717, 1.165) is 11.8 Å². The highest BCUT2D eigenvalue weighted by Crippen LogP contribution is 2.27. The lowest BCUT2D eigenvalue weighted by molar-refractivity contribution is -0.140. The predicted octanol–water partition coefficient (Wildman–Crippen LogP) is 4.28. The van der Waals surface area contributed by atoms with Crippen LogP contribution in [-0.2, 0) is 26.2 Å². The van der Waals surface area contributed by atoms with E-state index in [1.165, 1.54) is 21.3 Å². The van der Waals surface area contributed by atoms with E-state index in [-0.39, 0.29) is 43.8 Å². The number of halogens is 2. The first-order chi connectivity index (χ1) is 16.3. The molecule has 0 radical (unpaired) electrons. The molecule has 0 saturated heterocycles. The van der Waals surface area contributed by atoms with E-state index in [4.69, 9.17) is 11.6 Å². The van der Waals surface area contributed by atoms with E-state index in [1.54, 1.807) is 44.2 Å². The average Bonchev–Trinajstić information content (AvgIpc) is 2.76. The van der Waals surface area contributed by atoms with Crippen LogP contribution in [0.5, 0.6) is 0 Å². The van der Waals surface area contributed by atoms with E-state index < -0.39 is 21.9 Å². The molecule has 1 N–H and O–H groups in total. The number of sulfonamides is 1. The number of aryl methyl sites for hydroxylation is 1. The van der Waals surface area contributed by atoms with Gasteiger partial charge in [-0.05, 0) is 69.5 Å². The summed E-state index contributed by atoms with van der Waals surface area (Å²) < 4.78 is 39.5. The van der Waals surface area contributed by atoms with Gasteiger partial charge in [0.25, 0.3) is 0 Å². The summed E-state index contributed by atoms with van der Waals surface area (Å²) in [5.41, 5.74) is 1.87. The summed E-state index contributed by atoms with van der Waals surface area (Å²) in [5, 5.41) is 3.22. The number of carbonyl (C=O) groups is 2. The van der Waals surface area contributed by atoms with Gasteiger partial charge in [-0.1, -0.05) is 29.8 Å². The summed E-state index contributed by atoms with van der Waals surface area (Å²) in [7, 11) is -3.62. The molecule has 7 nitrogen and oxygen atoms in total. The number of rotatable bonds is 11. The molecule has 0 aliphatic heterocycles. The minimum Gasteiger partial charge on any atom is -0.352 e. The van der Waals surface area contributed by atoms with Crippen molar-refractivity contribution in [2.45, 2.75) is 59.2 Å². The molecule has 2 aromatic carbocycles. The Balaban J connectivity index is 2.20. The zero-order chi connectivity index (χ0) is 26.3. The number of benzene rings is 2. The Morgan fingerprint density at radius 3 is 2.29 bits per heavy atom. The van der Waals surface area contributed by atoms with Crippen molar-refractivity contribution < 1.29 is 22.4 Å². The number of nitrogens with zero attached hydrogens (tertiary/aromatic N) is 2. The Kier molecular flexibility index (Phi) is 10.1. The topological polar surface area (TPSA) is 86.8 Å². The van der Waals surface area contributed by atoms with Crippen LogP contribution in [0.4, 0.5) is 10.1 Å². The molecule has 0 heterocycles. The van der Waals surface area contributed by atoms with Crippen LogP contribution in [0, 0.1) is 12.7 Å². The Labute approximate surface area is 212 Å². The highest BCUT2D eigenvalue weighted by Gasteiger charge is 2.27. The molecule has 0 aliphatic carbocycles. The molecule has 0 spiro atoms. The molecule has 0 aromatic heterocycles. The molecule has 2 amide bonds. The minimum absolute atomic E-state index is 0.0200. The first-order valence-electron chi connectivity index (χ1n) is 11.4. The van der Waals surface area contributed by atoms with Gasteiger partial charge in [0.2, 0.25) is 21.8 Å². The molecule has 35 heavy (non-hydrogen) atoms. The van der Waals surface area contributed by atoms with Gasteiger partial charge in [0.15, 0.2) is 0 Å². The fourth-order valence-electron chi connectivity index (χ4n) is 3.61. The zero-order valence-electron chi connectivity index (χ0n) is 20.7. The Bertz CT molecular complexity index is 1140. The normalized spacial score (nSPS) is 12.3. The Hall–Kier alpha value is -2.65. The van der Waals surface area contributed by atoms with Gasteiger partial charge in [0.1, 0.15) is 11.9 Å². The van der Waals surface area contributed by atoms with E-state index in [0.29, 0.717) is 16.3 Å². The molecule has 0 unspecified atom stereocenters. The minimum atomic E-state index is -3.62. The number of hydrogen-bond donors (Lipinski definition) is 1. The van der Waals surface area contributed by atoms with E-state index in [9.17, 15) is 22.4 Å². The van der Waals surface area contributed by atoms with Crippen molar-refractivity contribution in [1.82, 2.24) is 10.2 Å². The largest absolute Gasteiger partial charge is 0.352 e.